The maximum absolute atomic E-state index is 12.1. The molecular weight excluding hydrogens is 382 g/mol. The van der Waals surface area contributed by atoms with Crippen LogP contribution < -0.4 is 24.4 Å². The summed E-state index contributed by atoms with van der Waals surface area (Å²) < 4.78 is 21.1. The average Bonchev–Trinajstić information content (AvgIpc) is 2.73. The predicted octanol–water partition coefficient (Wildman–Crippen LogP) is 2.08. The van der Waals surface area contributed by atoms with Gasteiger partial charge in [0.25, 0.3) is 0 Å². The Morgan fingerprint density at radius 2 is 1.90 bits per heavy atom. The van der Waals surface area contributed by atoms with E-state index in [2.05, 4.69) is 10.5 Å². The van der Waals surface area contributed by atoms with Gasteiger partial charge in [-0.05, 0) is 17.7 Å². The minimum atomic E-state index is -0.573. The summed E-state index contributed by atoms with van der Waals surface area (Å²) in [6.45, 7) is 0.956. The lowest BCUT2D eigenvalue weighted by Gasteiger charge is -2.18. The van der Waals surface area contributed by atoms with E-state index >= 15 is 0 Å². The predicted molar refractivity (Wildman–Crippen MR) is 103 cm³/mol. The molecule has 0 spiro atoms. The number of nitro groups is 1. The van der Waals surface area contributed by atoms with Crippen LogP contribution in [0.15, 0.2) is 35.4 Å². The van der Waals surface area contributed by atoms with Gasteiger partial charge in [0.1, 0.15) is 19.0 Å². The van der Waals surface area contributed by atoms with Gasteiger partial charge in [-0.3, -0.25) is 14.9 Å². The van der Waals surface area contributed by atoms with Crippen LogP contribution in [-0.4, -0.2) is 44.5 Å². The summed E-state index contributed by atoms with van der Waals surface area (Å²) in [5.41, 5.74) is 3.21. The van der Waals surface area contributed by atoms with Gasteiger partial charge >= 0.3 is 5.69 Å². The van der Waals surface area contributed by atoms with Crippen LogP contribution in [0.4, 0.5) is 5.69 Å². The van der Waals surface area contributed by atoms with Crippen molar-refractivity contribution in [2.24, 2.45) is 5.10 Å². The van der Waals surface area contributed by atoms with Gasteiger partial charge in [-0.1, -0.05) is 6.07 Å². The van der Waals surface area contributed by atoms with Crippen molar-refractivity contribution < 1.29 is 28.7 Å². The lowest BCUT2D eigenvalue weighted by molar-refractivity contribution is -0.385. The number of nitrogens with one attached hydrogen (secondary N) is 1. The Kier molecular flexibility index (Phi) is 6.12. The lowest BCUT2D eigenvalue weighted by atomic mass is 10.1. The first-order chi connectivity index (χ1) is 14.0. The van der Waals surface area contributed by atoms with Crippen LogP contribution in [0.5, 0.6) is 23.0 Å². The van der Waals surface area contributed by atoms with E-state index in [0.717, 1.165) is 5.56 Å². The molecule has 0 aromatic heterocycles. The summed E-state index contributed by atoms with van der Waals surface area (Å²) in [6, 6.07) is 7.91. The minimum Gasteiger partial charge on any atom is -0.496 e. The number of ether oxygens (including phenoxy) is 4. The Balaban J connectivity index is 1.68. The first-order valence-corrected chi connectivity index (χ1v) is 8.62. The highest BCUT2D eigenvalue weighted by atomic mass is 16.6. The number of rotatable bonds is 7. The number of nitrogens with zero attached hydrogens (tertiary/aromatic N) is 2. The quantitative estimate of drug-likeness (QED) is 0.428. The number of fused-ring (bicyclic) bond motifs is 1. The smallest absolute Gasteiger partial charge is 0.311 e. The number of methoxy groups -OCH3 is 2. The van der Waals surface area contributed by atoms with Gasteiger partial charge in [0.05, 0.1) is 31.8 Å². The molecule has 1 amide bonds. The fourth-order valence-corrected chi connectivity index (χ4v) is 2.75. The zero-order valence-corrected chi connectivity index (χ0v) is 15.8. The van der Waals surface area contributed by atoms with Crippen molar-refractivity contribution in [3.05, 3.63) is 51.6 Å². The van der Waals surface area contributed by atoms with Crippen LogP contribution in [-0.2, 0) is 11.2 Å². The van der Waals surface area contributed by atoms with Crippen molar-refractivity contribution in [2.75, 3.05) is 27.4 Å². The number of carbonyl (C=O) groups excluding carboxylic acids is 1. The number of benzene rings is 2. The third-order valence-corrected chi connectivity index (χ3v) is 4.09. The van der Waals surface area contributed by atoms with Gasteiger partial charge in [0.2, 0.25) is 11.7 Å². The van der Waals surface area contributed by atoms with Crippen molar-refractivity contribution in [1.82, 2.24) is 5.43 Å². The normalized spacial score (nSPS) is 12.5. The fraction of sp³-hybridized carbons (Fsp3) is 0.263. The van der Waals surface area contributed by atoms with E-state index in [9.17, 15) is 14.9 Å². The Morgan fingerprint density at radius 1 is 1.17 bits per heavy atom. The number of nitro benzene ring substituents is 1. The van der Waals surface area contributed by atoms with Crippen molar-refractivity contribution >= 4 is 17.8 Å². The molecule has 152 valence electrons. The summed E-state index contributed by atoms with van der Waals surface area (Å²) in [5.74, 6) is 1.26. The van der Waals surface area contributed by atoms with Gasteiger partial charge < -0.3 is 18.9 Å². The summed E-state index contributed by atoms with van der Waals surface area (Å²) >= 11 is 0. The van der Waals surface area contributed by atoms with E-state index in [1.165, 1.54) is 32.6 Å². The molecule has 0 aliphatic carbocycles. The number of hydrogen-bond acceptors (Lipinski definition) is 8. The van der Waals surface area contributed by atoms with Crippen LogP contribution in [0.25, 0.3) is 0 Å². The molecule has 1 aliphatic heterocycles. The highest BCUT2D eigenvalue weighted by molar-refractivity contribution is 5.87. The van der Waals surface area contributed by atoms with Gasteiger partial charge in [0, 0.05) is 17.7 Å². The van der Waals surface area contributed by atoms with E-state index in [4.69, 9.17) is 18.9 Å². The van der Waals surface area contributed by atoms with Gasteiger partial charge in [-0.25, -0.2) is 5.43 Å². The first-order valence-electron chi connectivity index (χ1n) is 8.62. The van der Waals surface area contributed by atoms with Crippen LogP contribution >= 0.6 is 0 Å². The van der Waals surface area contributed by atoms with E-state index < -0.39 is 4.92 Å². The number of carbonyl (C=O) groups is 1. The molecule has 0 bridgehead atoms. The zero-order valence-electron chi connectivity index (χ0n) is 15.8. The Bertz CT molecular complexity index is 959. The summed E-state index contributed by atoms with van der Waals surface area (Å²) in [7, 11) is 2.74. The molecule has 10 nitrogen and oxygen atoms in total. The Morgan fingerprint density at radius 3 is 2.59 bits per heavy atom. The molecule has 0 atom stereocenters. The van der Waals surface area contributed by atoms with Crippen molar-refractivity contribution in [3.63, 3.8) is 0 Å². The summed E-state index contributed by atoms with van der Waals surface area (Å²) in [6.07, 6.45) is 1.35. The number of hydrazone groups is 1. The molecular formula is C19H19N3O7. The third-order valence-electron chi connectivity index (χ3n) is 4.09. The van der Waals surface area contributed by atoms with Gasteiger partial charge in [-0.15, -0.1) is 0 Å². The standard InChI is InChI=1S/C19H19N3O7/c1-26-16-10-17(27-2)14(22(24)25)9-13(16)11-20-21-19(23)8-12-3-4-15-18(7-12)29-6-5-28-15/h3-4,7,9-11H,5-6,8H2,1-2H3,(H,21,23)/b20-11+. The second-order valence-corrected chi connectivity index (χ2v) is 5.97. The van der Waals surface area contributed by atoms with Crippen molar-refractivity contribution in [3.8, 4) is 23.0 Å². The molecule has 0 unspecified atom stereocenters. The highest BCUT2D eigenvalue weighted by Crippen LogP contribution is 2.33. The van der Waals surface area contributed by atoms with E-state index in [0.29, 0.717) is 36.0 Å². The Labute approximate surface area is 166 Å². The second-order valence-electron chi connectivity index (χ2n) is 5.97. The minimum absolute atomic E-state index is 0.0617. The van der Waals surface area contributed by atoms with E-state index in [1.807, 2.05) is 0 Å². The molecule has 0 saturated heterocycles. The SMILES string of the molecule is COc1cc(OC)c([N+](=O)[O-])cc1/C=N/NC(=O)Cc1ccc2c(c1)OCCO2. The molecule has 3 rings (SSSR count). The molecule has 1 N–H and O–H groups in total. The first kappa shape index (κ1) is 19.9. The fourth-order valence-electron chi connectivity index (χ4n) is 2.75. The number of hydrogen-bond donors (Lipinski definition) is 1. The summed E-state index contributed by atoms with van der Waals surface area (Å²) in [4.78, 5) is 22.7. The molecule has 1 aliphatic rings. The van der Waals surface area contributed by atoms with Crippen LogP contribution in [0.3, 0.4) is 0 Å². The van der Waals surface area contributed by atoms with Gasteiger partial charge in [-0.2, -0.15) is 5.10 Å². The largest absolute Gasteiger partial charge is 0.496 e. The molecule has 0 fully saturated rings. The molecule has 1 heterocycles. The van der Waals surface area contributed by atoms with E-state index in [1.54, 1.807) is 18.2 Å². The molecule has 2 aromatic rings. The molecule has 0 radical (unpaired) electrons. The molecule has 2 aromatic carbocycles. The molecule has 10 heteroatoms. The third kappa shape index (κ3) is 4.72. The van der Waals surface area contributed by atoms with Crippen LogP contribution in [0.2, 0.25) is 0 Å². The maximum atomic E-state index is 12.1. The molecule has 29 heavy (non-hydrogen) atoms. The van der Waals surface area contributed by atoms with Gasteiger partial charge in [0.15, 0.2) is 11.5 Å². The van der Waals surface area contributed by atoms with E-state index in [-0.39, 0.29) is 23.8 Å². The van der Waals surface area contributed by atoms with Crippen LogP contribution in [0.1, 0.15) is 11.1 Å². The zero-order chi connectivity index (χ0) is 20.8. The average molecular weight is 401 g/mol. The second kappa shape index (κ2) is 8.91. The topological polar surface area (TPSA) is 122 Å². The molecule has 0 saturated carbocycles. The lowest BCUT2D eigenvalue weighted by Crippen LogP contribution is -2.20. The van der Waals surface area contributed by atoms with Crippen LogP contribution in [0, 0.1) is 10.1 Å². The number of amides is 1. The highest BCUT2D eigenvalue weighted by Gasteiger charge is 2.19. The Hall–Kier alpha value is -3.82. The van der Waals surface area contributed by atoms with Crippen molar-refractivity contribution in [2.45, 2.75) is 6.42 Å². The summed E-state index contributed by atoms with van der Waals surface area (Å²) in [5, 5.41) is 15.0. The van der Waals surface area contributed by atoms with Crippen molar-refractivity contribution in [1.29, 1.82) is 0 Å². The maximum Gasteiger partial charge on any atom is 0.311 e. The monoisotopic (exact) mass is 401 g/mol.